The van der Waals surface area contributed by atoms with Crippen LogP contribution in [0.2, 0.25) is 0 Å². The number of nitrogens with zero attached hydrogens (tertiary/aromatic N) is 2. The van der Waals surface area contributed by atoms with E-state index in [0.717, 1.165) is 16.5 Å². The Morgan fingerprint density at radius 2 is 1.91 bits per heavy atom. The molecule has 1 heterocycles. The van der Waals surface area contributed by atoms with Gasteiger partial charge in [0.25, 0.3) is 5.69 Å². The van der Waals surface area contributed by atoms with Gasteiger partial charge in [-0.3, -0.25) is 15.1 Å². The quantitative estimate of drug-likeness (QED) is 0.538. The lowest BCUT2D eigenvalue weighted by Gasteiger charge is -2.10. The van der Waals surface area contributed by atoms with Crippen LogP contribution >= 0.6 is 0 Å². The van der Waals surface area contributed by atoms with E-state index in [1.165, 1.54) is 6.07 Å². The molecule has 0 saturated carbocycles. The predicted octanol–water partition coefficient (Wildman–Crippen LogP) is 4.03. The topological polar surface area (TPSA) is 65.3 Å². The average Bonchev–Trinajstić information content (AvgIpc) is 2.53. The Labute approximate surface area is 127 Å². The number of hydrogen-bond acceptors (Lipinski definition) is 4. The first-order valence-electron chi connectivity index (χ1n) is 6.86. The molecule has 5 heteroatoms. The van der Waals surface area contributed by atoms with E-state index in [1.807, 2.05) is 30.3 Å². The van der Waals surface area contributed by atoms with Gasteiger partial charge in [0.05, 0.1) is 16.0 Å². The van der Waals surface area contributed by atoms with Gasteiger partial charge in [0.15, 0.2) is 0 Å². The minimum Gasteiger partial charge on any atom is -0.488 e. The molecule has 2 aromatic carbocycles. The summed E-state index contributed by atoms with van der Waals surface area (Å²) in [5, 5.41) is 12.0. The van der Waals surface area contributed by atoms with E-state index in [9.17, 15) is 10.1 Å². The number of pyridine rings is 1. The second kappa shape index (κ2) is 5.81. The third-order valence-corrected chi connectivity index (χ3v) is 3.55. The van der Waals surface area contributed by atoms with Crippen molar-refractivity contribution < 1.29 is 9.66 Å². The molecule has 1 aromatic heterocycles. The van der Waals surface area contributed by atoms with Crippen molar-refractivity contribution in [2.75, 3.05) is 0 Å². The highest BCUT2D eigenvalue weighted by Crippen LogP contribution is 2.28. The Hall–Kier alpha value is -2.95. The monoisotopic (exact) mass is 294 g/mol. The number of benzene rings is 2. The molecule has 0 aliphatic carbocycles. The number of nitro groups is 1. The minimum absolute atomic E-state index is 0.0635. The van der Waals surface area contributed by atoms with Crippen LogP contribution in [-0.4, -0.2) is 9.91 Å². The third-order valence-electron chi connectivity index (χ3n) is 3.55. The summed E-state index contributed by atoms with van der Waals surface area (Å²) in [6, 6.07) is 14.6. The van der Waals surface area contributed by atoms with E-state index < -0.39 is 4.92 Å². The number of nitro benzene ring substituents is 1. The highest BCUT2D eigenvalue weighted by Gasteiger charge is 2.14. The van der Waals surface area contributed by atoms with Crippen LogP contribution in [0.1, 0.15) is 11.1 Å². The van der Waals surface area contributed by atoms with Crippen LogP contribution in [0.25, 0.3) is 10.9 Å². The van der Waals surface area contributed by atoms with Crippen molar-refractivity contribution in [2.24, 2.45) is 0 Å². The summed E-state index contributed by atoms with van der Waals surface area (Å²) in [5.74, 6) is 0.516. The number of para-hydroxylation sites is 1. The molecular weight excluding hydrogens is 280 g/mol. The molecular formula is C17H14N2O3. The largest absolute Gasteiger partial charge is 0.488 e. The Balaban J connectivity index is 1.89. The van der Waals surface area contributed by atoms with Gasteiger partial charge in [0, 0.05) is 23.2 Å². The maximum atomic E-state index is 11.0. The Morgan fingerprint density at radius 1 is 1.14 bits per heavy atom. The Kier molecular flexibility index (Phi) is 3.70. The van der Waals surface area contributed by atoms with Gasteiger partial charge in [-0.1, -0.05) is 30.3 Å². The lowest BCUT2D eigenvalue weighted by Crippen LogP contribution is -2.00. The van der Waals surface area contributed by atoms with Crippen molar-refractivity contribution in [3.05, 3.63) is 76.0 Å². The zero-order valence-electron chi connectivity index (χ0n) is 12.0. The van der Waals surface area contributed by atoms with Crippen molar-refractivity contribution in [3.63, 3.8) is 0 Å². The molecule has 3 aromatic rings. The van der Waals surface area contributed by atoms with Crippen molar-refractivity contribution in [2.45, 2.75) is 13.5 Å². The summed E-state index contributed by atoms with van der Waals surface area (Å²) < 4.78 is 5.78. The van der Waals surface area contributed by atoms with Gasteiger partial charge in [0.1, 0.15) is 12.4 Å². The highest BCUT2D eigenvalue weighted by molar-refractivity contribution is 5.81. The van der Waals surface area contributed by atoms with Crippen LogP contribution in [0.5, 0.6) is 5.75 Å². The van der Waals surface area contributed by atoms with Gasteiger partial charge >= 0.3 is 0 Å². The smallest absolute Gasteiger partial charge is 0.276 e. The van der Waals surface area contributed by atoms with Crippen LogP contribution in [0.4, 0.5) is 5.69 Å². The summed E-state index contributed by atoms with van der Waals surface area (Å²) in [6.07, 6.45) is 1.74. The van der Waals surface area contributed by atoms with Crippen LogP contribution in [0.3, 0.4) is 0 Å². The standard InChI is InChI=1S/C17H14N2O3/c1-12-15(19(20)21)8-3-9-16(12)22-11-14-6-2-5-13-7-4-10-18-17(13)14/h2-10H,11H2,1H3. The van der Waals surface area contributed by atoms with Crippen molar-refractivity contribution in [1.29, 1.82) is 0 Å². The van der Waals surface area contributed by atoms with Crippen molar-refractivity contribution in [1.82, 2.24) is 4.98 Å². The van der Waals surface area contributed by atoms with Crippen molar-refractivity contribution in [3.8, 4) is 5.75 Å². The normalized spacial score (nSPS) is 10.6. The average molecular weight is 294 g/mol. The molecule has 0 aliphatic rings. The lowest BCUT2D eigenvalue weighted by molar-refractivity contribution is -0.385. The fraction of sp³-hybridized carbons (Fsp3) is 0.118. The molecule has 0 spiro atoms. The maximum absolute atomic E-state index is 11.0. The highest BCUT2D eigenvalue weighted by atomic mass is 16.6. The van der Waals surface area contributed by atoms with Gasteiger partial charge in [-0.2, -0.15) is 0 Å². The van der Waals surface area contributed by atoms with E-state index in [2.05, 4.69) is 4.98 Å². The van der Waals surface area contributed by atoms with Crippen LogP contribution < -0.4 is 4.74 Å². The summed E-state index contributed by atoms with van der Waals surface area (Å²) >= 11 is 0. The zero-order valence-corrected chi connectivity index (χ0v) is 12.0. The molecule has 0 aliphatic heterocycles. The SMILES string of the molecule is Cc1c(OCc2cccc3cccnc23)cccc1[N+](=O)[O-]. The number of ether oxygens (including phenoxy) is 1. The first kappa shape index (κ1) is 14.0. The van der Waals surface area contributed by atoms with Gasteiger partial charge in [-0.15, -0.1) is 0 Å². The van der Waals surface area contributed by atoms with Gasteiger partial charge < -0.3 is 4.74 Å². The molecule has 0 atom stereocenters. The maximum Gasteiger partial charge on any atom is 0.276 e. The molecule has 5 nitrogen and oxygen atoms in total. The Bertz CT molecular complexity index is 841. The third kappa shape index (κ3) is 2.61. The van der Waals surface area contributed by atoms with Crippen molar-refractivity contribution >= 4 is 16.6 Å². The summed E-state index contributed by atoms with van der Waals surface area (Å²) in [5.41, 5.74) is 2.42. The molecule has 0 radical (unpaired) electrons. The first-order chi connectivity index (χ1) is 10.7. The van der Waals surface area contributed by atoms with Crippen LogP contribution in [-0.2, 0) is 6.61 Å². The van der Waals surface area contributed by atoms with E-state index in [-0.39, 0.29) is 5.69 Å². The molecule has 0 bridgehead atoms. The molecule has 3 rings (SSSR count). The molecule has 110 valence electrons. The molecule has 22 heavy (non-hydrogen) atoms. The van der Waals surface area contributed by atoms with E-state index >= 15 is 0 Å². The van der Waals surface area contributed by atoms with Gasteiger partial charge in [-0.25, -0.2) is 0 Å². The molecule has 0 unspecified atom stereocenters. The molecule has 0 saturated heterocycles. The first-order valence-corrected chi connectivity index (χ1v) is 6.86. The number of aromatic nitrogens is 1. The van der Waals surface area contributed by atoms with Gasteiger partial charge in [-0.05, 0) is 19.1 Å². The van der Waals surface area contributed by atoms with Crippen LogP contribution in [0.15, 0.2) is 54.7 Å². The summed E-state index contributed by atoms with van der Waals surface area (Å²) in [7, 11) is 0. The number of rotatable bonds is 4. The van der Waals surface area contributed by atoms with Crippen LogP contribution in [0, 0.1) is 17.0 Å². The predicted molar refractivity (Wildman–Crippen MR) is 83.9 cm³/mol. The number of hydrogen-bond donors (Lipinski definition) is 0. The van der Waals surface area contributed by atoms with E-state index in [0.29, 0.717) is 17.9 Å². The summed E-state index contributed by atoms with van der Waals surface area (Å²) in [6.45, 7) is 2.01. The minimum atomic E-state index is -0.401. The molecule has 0 N–H and O–H groups in total. The Morgan fingerprint density at radius 3 is 2.73 bits per heavy atom. The van der Waals surface area contributed by atoms with Gasteiger partial charge in [0.2, 0.25) is 0 Å². The number of fused-ring (bicyclic) bond motifs is 1. The lowest BCUT2D eigenvalue weighted by atomic mass is 10.1. The summed E-state index contributed by atoms with van der Waals surface area (Å²) in [4.78, 5) is 14.9. The fourth-order valence-electron chi connectivity index (χ4n) is 2.40. The molecule has 0 amide bonds. The zero-order chi connectivity index (χ0) is 15.5. The second-order valence-electron chi connectivity index (χ2n) is 4.94. The fourth-order valence-corrected chi connectivity index (χ4v) is 2.40. The molecule has 0 fully saturated rings. The van der Waals surface area contributed by atoms with E-state index in [1.54, 1.807) is 25.3 Å². The van der Waals surface area contributed by atoms with E-state index in [4.69, 9.17) is 4.74 Å². The second-order valence-corrected chi connectivity index (χ2v) is 4.94.